The molecule has 35 heavy (non-hydrogen) atoms. The van der Waals surface area contributed by atoms with Crippen molar-refractivity contribution < 1.29 is 9.66 Å². The number of hydrogen-bond donors (Lipinski definition) is 2. The second-order valence-corrected chi connectivity index (χ2v) is 8.84. The van der Waals surface area contributed by atoms with E-state index in [0.717, 1.165) is 25.3 Å². The van der Waals surface area contributed by atoms with Crippen LogP contribution in [0.25, 0.3) is 10.9 Å². The first-order valence-corrected chi connectivity index (χ1v) is 11.4. The van der Waals surface area contributed by atoms with Crippen molar-refractivity contribution in [2.24, 2.45) is 11.3 Å². The minimum absolute atomic E-state index is 0.0410. The first-order chi connectivity index (χ1) is 17.1. The Hall–Kier alpha value is -4.48. The van der Waals surface area contributed by atoms with Crippen LogP contribution < -0.4 is 15.4 Å². The molecule has 0 radical (unpaired) electrons. The summed E-state index contributed by atoms with van der Waals surface area (Å²) in [6, 6.07) is 20.3. The van der Waals surface area contributed by atoms with Crippen LogP contribution in [0, 0.1) is 33.3 Å². The van der Waals surface area contributed by atoms with E-state index in [4.69, 9.17) is 4.74 Å². The summed E-state index contributed by atoms with van der Waals surface area (Å²) in [5.74, 6) is 8.73. The standard InChI is InChI=1S/C27H21N5O3/c33-32(34)25-18(12-13-27-14-19(27)15-28-16-27)6-11-23-24(25)26(30-17-29-23)31-20-7-9-22(10-8-20)35-21-4-2-1-3-5-21/h1-11,17,19,28H,14-16H2,(H,29,30,31). The molecular weight excluding hydrogens is 442 g/mol. The maximum Gasteiger partial charge on any atom is 0.298 e. The molecule has 172 valence electrons. The number of nitrogens with one attached hydrogen (secondary N) is 2. The van der Waals surface area contributed by atoms with Crippen molar-refractivity contribution in [1.29, 1.82) is 0 Å². The monoisotopic (exact) mass is 463 g/mol. The number of benzene rings is 3. The third-order valence-corrected chi connectivity index (χ3v) is 6.56. The van der Waals surface area contributed by atoms with Gasteiger partial charge in [0.1, 0.15) is 34.6 Å². The number of nitro groups is 1. The van der Waals surface area contributed by atoms with Crippen LogP contribution in [0.15, 0.2) is 73.1 Å². The smallest absolute Gasteiger partial charge is 0.298 e. The van der Waals surface area contributed by atoms with Gasteiger partial charge in [0.25, 0.3) is 5.69 Å². The first kappa shape index (κ1) is 21.1. The fourth-order valence-corrected chi connectivity index (χ4v) is 4.61. The van der Waals surface area contributed by atoms with Crippen LogP contribution >= 0.6 is 0 Å². The number of aromatic nitrogens is 2. The topological polar surface area (TPSA) is 102 Å². The lowest BCUT2D eigenvalue weighted by Crippen LogP contribution is -2.14. The lowest BCUT2D eigenvalue weighted by Gasteiger charge is -2.11. The number of para-hydroxylation sites is 1. The van der Waals surface area contributed by atoms with Crippen molar-refractivity contribution in [3.63, 3.8) is 0 Å². The molecule has 2 unspecified atom stereocenters. The molecule has 0 amide bonds. The maximum absolute atomic E-state index is 12.2. The summed E-state index contributed by atoms with van der Waals surface area (Å²) in [6.07, 6.45) is 2.44. The van der Waals surface area contributed by atoms with Gasteiger partial charge in [-0.3, -0.25) is 10.1 Å². The predicted octanol–water partition coefficient (Wildman–Crippen LogP) is 5.03. The van der Waals surface area contributed by atoms with Gasteiger partial charge in [-0.2, -0.15) is 0 Å². The predicted molar refractivity (Wildman–Crippen MR) is 133 cm³/mol. The van der Waals surface area contributed by atoms with E-state index < -0.39 is 4.92 Å². The highest BCUT2D eigenvalue weighted by molar-refractivity contribution is 6.00. The highest BCUT2D eigenvalue weighted by Crippen LogP contribution is 2.54. The summed E-state index contributed by atoms with van der Waals surface area (Å²) < 4.78 is 5.84. The van der Waals surface area contributed by atoms with Gasteiger partial charge in [0, 0.05) is 17.6 Å². The number of ether oxygens (including phenoxy) is 1. The van der Waals surface area contributed by atoms with Crippen molar-refractivity contribution >= 4 is 28.1 Å². The molecule has 6 rings (SSSR count). The Labute approximate surface area is 201 Å². The Morgan fingerprint density at radius 2 is 1.86 bits per heavy atom. The average molecular weight is 463 g/mol. The lowest BCUT2D eigenvalue weighted by molar-refractivity contribution is -0.383. The van der Waals surface area contributed by atoms with Crippen LogP contribution in [0.1, 0.15) is 12.0 Å². The van der Waals surface area contributed by atoms with Gasteiger partial charge in [-0.25, -0.2) is 9.97 Å². The highest BCUT2D eigenvalue weighted by Gasteiger charge is 2.56. The van der Waals surface area contributed by atoms with E-state index in [0.29, 0.717) is 39.6 Å². The first-order valence-electron chi connectivity index (χ1n) is 11.4. The van der Waals surface area contributed by atoms with Gasteiger partial charge < -0.3 is 15.4 Å². The molecule has 8 nitrogen and oxygen atoms in total. The number of nitro benzene ring substituents is 1. The Morgan fingerprint density at radius 3 is 2.57 bits per heavy atom. The van der Waals surface area contributed by atoms with Crippen LogP contribution in [0.3, 0.4) is 0 Å². The van der Waals surface area contributed by atoms with E-state index in [2.05, 4.69) is 32.4 Å². The van der Waals surface area contributed by atoms with Crippen LogP contribution in [-0.4, -0.2) is 28.0 Å². The molecule has 2 atom stereocenters. The van der Waals surface area contributed by atoms with Gasteiger partial charge >= 0.3 is 0 Å². The Kier molecular flexibility index (Phi) is 5.05. The van der Waals surface area contributed by atoms with E-state index >= 15 is 0 Å². The van der Waals surface area contributed by atoms with Crippen LogP contribution in [0.5, 0.6) is 11.5 Å². The van der Waals surface area contributed by atoms with Crippen LogP contribution in [0.2, 0.25) is 0 Å². The van der Waals surface area contributed by atoms with Gasteiger partial charge in [-0.1, -0.05) is 30.0 Å². The maximum atomic E-state index is 12.2. The van der Waals surface area contributed by atoms with E-state index in [1.807, 2.05) is 54.6 Å². The molecule has 2 heterocycles. The third kappa shape index (κ3) is 4.03. The Morgan fingerprint density at radius 1 is 1.06 bits per heavy atom. The van der Waals surface area contributed by atoms with Crippen molar-refractivity contribution in [3.8, 4) is 23.3 Å². The minimum atomic E-state index is -0.396. The summed E-state index contributed by atoms with van der Waals surface area (Å²) in [4.78, 5) is 20.3. The SMILES string of the molecule is O=[N+]([O-])c1c(C#CC23CNCC2C3)ccc2ncnc(Nc3ccc(Oc4ccccc4)cc3)c12. The second-order valence-electron chi connectivity index (χ2n) is 8.84. The van der Waals surface area contributed by atoms with Crippen molar-refractivity contribution in [1.82, 2.24) is 15.3 Å². The van der Waals surface area contributed by atoms with Crippen LogP contribution in [-0.2, 0) is 0 Å². The molecule has 1 saturated heterocycles. The Balaban J connectivity index is 1.33. The molecule has 4 aromatic rings. The molecule has 1 saturated carbocycles. The molecule has 1 aliphatic heterocycles. The molecule has 2 N–H and O–H groups in total. The minimum Gasteiger partial charge on any atom is -0.457 e. The average Bonchev–Trinajstić information content (AvgIpc) is 3.42. The lowest BCUT2D eigenvalue weighted by atomic mass is 10.0. The van der Waals surface area contributed by atoms with E-state index in [1.165, 1.54) is 6.33 Å². The van der Waals surface area contributed by atoms with Gasteiger partial charge in [0.05, 0.1) is 10.4 Å². The summed E-state index contributed by atoms with van der Waals surface area (Å²) >= 11 is 0. The molecule has 0 spiro atoms. The normalized spacial score (nSPS) is 19.9. The number of hydrogen-bond acceptors (Lipinski definition) is 7. The molecule has 1 aromatic heterocycles. The van der Waals surface area contributed by atoms with Crippen molar-refractivity contribution in [2.45, 2.75) is 6.42 Å². The van der Waals surface area contributed by atoms with Crippen molar-refractivity contribution in [2.75, 3.05) is 18.4 Å². The summed E-state index contributed by atoms with van der Waals surface area (Å²) in [5.41, 5.74) is 1.45. The summed E-state index contributed by atoms with van der Waals surface area (Å²) in [5, 5.41) is 19.1. The van der Waals surface area contributed by atoms with E-state index in [9.17, 15) is 10.1 Å². The molecular formula is C27H21N5O3. The quantitative estimate of drug-likeness (QED) is 0.243. The molecule has 8 heteroatoms. The fourth-order valence-electron chi connectivity index (χ4n) is 4.61. The zero-order chi connectivity index (χ0) is 23.8. The molecule has 0 bridgehead atoms. The van der Waals surface area contributed by atoms with E-state index in [1.54, 1.807) is 12.1 Å². The summed E-state index contributed by atoms with van der Waals surface area (Å²) in [6.45, 7) is 1.80. The molecule has 1 aliphatic carbocycles. The second kappa shape index (κ2) is 8.38. The fraction of sp³-hybridized carbons (Fsp3) is 0.185. The zero-order valence-corrected chi connectivity index (χ0v) is 18.7. The number of anilines is 2. The summed E-state index contributed by atoms with van der Waals surface area (Å²) in [7, 11) is 0. The number of rotatable bonds is 5. The van der Waals surface area contributed by atoms with Crippen LogP contribution in [0.4, 0.5) is 17.2 Å². The number of fused-ring (bicyclic) bond motifs is 2. The molecule has 2 aliphatic rings. The van der Waals surface area contributed by atoms with E-state index in [-0.39, 0.29) is 11.1 Å². The van der Waals surface area contributed by atoms with Gasteiger partial charge in [0.2, 0.25) is 0 Å². The van der Waals surface area contributed by atoms with Gasteiger partial charge in [0.15, 0.2) is 0 Å². The number of nitrogens with zero attached hydrogens (tertiary/aromatic N) is 3. The Bertz CT molecular complexity index is 1490. The zero-order valence-electron chi connectivity index (χ0n) is 18.7. The highest BCUT2D eigenvalue weighted by atomic mass is 16.6. The largest absolute Gasteiger partial charge is 0.457 e. The molecule has 2 fully saturated rings. The number of piperidine rings is 1. The third-order valence-electron chi connectivity index (χ3n) is 6.56. The van der Waals surface area contributed by atoms with Crippen molar-refractivity contribution in [3.05, 3.63) is 88.7 Å². The van der Waals surface area contributed by atoms with Gasteiger partial charge in [-0.15, -0.1) is 0 Å². The molecule has 3 aromatic carbocycles. The van der Waals surface area contributed by atoms with Gasteiger partial charge in [-0.05, 0) is 67.4 Å².